The third kappa shape index (κ3) is 1.76. The predicted octanol–water partition coefficient (Wildman–Crippen LogP) is 1.44. The quantitative estimate of drug-likeness (QED) is 0.760. The van der Waals surface area contributed by atoms with E-state index in [1.165, 1.54) is 19.9 Å². The molecule has 0 aliphatic heterocycles. The summed E-state index contributed by atoms with van der Waals surface area (Å²) < 4.78 is 26.8. The number of aryl methyl sites for hydroxylation is 1. The summed E-state index contributed by atoms with van der Waals surface area (Å²) in [5.74, 6) is -1.42. The third-order valence-electron chi connectivity index (χ3n) is 2.18. The van der Waals surface area contributed by atoms with Crippen LogP contribution in [0.1, 0.15) is 18.1 Å². The second-order valence-corrected chi connectivity index (χ2v) is 3.63. The fraction of sp³-hybridized carbons (Fsp3) is 0.400. The summed E-state index contributed by atoms with van der Waals surface area (Å²) in [6.07, 6.45) is 0. The van der Waals surface area contributed by atoms with E-state index in [2.05, 4.69) is 0 Å². The smallest absolute Gasteiger partial charge is 0.134 e. The molecule has 14 heavy (non-hydrogen) atoms. The van der Waals surface area contributed by atoms with Gasteiger partial charge in [0.15, 0.2) is 0 Å². The average molecular weight is 201 g/mol. The molecule has 0 bridgehead atoms. The van der Waals surface area contributed by atoms with Crippen molar-refractivity contribution in [1.29, 1.82) is 0 Å². The Labute approximate surface area is 81.4 Å². The van der Waals surface area contributed by atoms with Crippen LogP contribution in [-0.2, 0) is 5.54 Å². The lowest BCUT2D eigenvalue weighted by Gasteiger charge is -2.24. The van der Waals surface area contributed by atoms with Crippen LogP contribution in [0, 0.1) is 18.6 Å². The van der Waals surface area contributed by atoms with Gasteiger partial charge in [-0.15, -0.1) is 0 Å². The van der Waals surface area contributed by atoms with E-state index in [-0.39, 0.29) is 5.56 Å². The zero-order chi connectivity index (χ0) is 10.9. The molecule has 0 saturated heterocycles. The molecule has 0 amide bonds. The molecule has 3 N–H and O–H groups in total. The third-order valence-corrected chi connectivity index (χ3v) is 2.18. The van der Waals surface area contributed by atoms with Gasteiger partial charge in [-0.1, -0.05) is 6.07 Å². The number of rotatable bonds is 2. The topological polar surface area (TPSA) is 46.2 Å². The maximum atomic E-state index is 13.5. The van der Waals surface area contributed by atoms with Crippen LogP contribution >= 0.6 is 0 Å². The highest BCUT2D eigenvalue weighted by atomic mass is 19.1. The molecule has 0 saturated carbocycles. The first-order valence-corrected chi connectivity index (χ1v) is 4.25. The minimum atomic E-state index is -1.39. The lowest BCUT2D eigenvalue weighted by Crippen LogP contribution is -2.39. The number of aliphatic hydroxyl groups is 1. The highest BCUT2D eigenvalue weighted by molar-refractivity contribution is 5.32. The fourth-order valence-corrected chi connectivity index (χ4v) is 1.26. The minimum absolute atomic E-state index is 0.264. The first-order valence-electron chi connectivity index (χ1n) is 4.25. The molecule has 0 aliphatic carbocycles. The van der Waals surface area contributed by atoms with E-state index < -0.39 is 23.8 Å². The normalized spacial score (nSPS) is 15.3. The van der Waals surface area contributed by atoms with E-state index in [0.717, 1.165) is 6.07 Å². The molecule has 1 aromatic carbocycles. The number of halogens is 2. The molecular formula is C10H13F2NO. The molecule has 0 radical (unpaired) electrons. The maximum absolute atomic E-state index is 13.5. The van der Waals surface area contributed by atoms with Crippen LogP contribution in [-0.4, -0.2) is 11.7 Å². The van der Waals surface area contributed by atoms with E-state index in [1.807, 2.05) is 0 Å². The Morgan fingerprint density at radius 2 is 2.00 bits per heavy atom. The molecule has 1 atom stereocenters. The average Bonchev–Trinajstić information content (AvgIpc) is 2.12. The van der Waals surface area contributed by atoms with Crippen molar-refractivity contribution < 1.29 is 13.9 Å². The lowest BCUT2D eigenvalue weighted by molar-refractivity contribution is 0.202. The molecule has 0 aromatic heterocycles. The van der Waals surface area contributed by atoms with Gasteiger partial charge in [0.2, 0.25) is 0 Å². The van der Waals surface area contributed by atoms with Crippen LogP contribution in [0.5, 0.6) is 0 Å². The lowest BCUT2D eigenvalue weighted by atomic mass is 9.91. The van der Waals surface area contributed by atoms with Crippen molar-refractivity contribution in [1.82, 2.24) is 0 Å². The summed E-state index contributed by atoms with van der Waals surface area (Å²) >= 11 is 0. The van der Waals surface area contributed by atoms with Crippen molar-refractivity contribution in [3.05, 3.63) is 34.9 Å². The van der Waals surface area contributed by atoms with E-state index in [1.54, 1.807) is 0 Å². The molecular weight excluding hydrogens is 188 g/mol. The number of nitrogens with two attached hydrogens (primary N) is 1. The summed E-state index contributed by atoms with van der Waals surface area (Å²) in [6, 6.07) is 2.48. The molecule has 0 fully saturated rings. The second kappa shape index (κ2) is 3.63. The van der Waals surface area contributed by atoms with Crippen LogP contribution in [0.3, 0.4) is 0 Å². The van der Waals surface area contributed by atoms with Crippen molar-refractivity contribution in [3.63, 3.8) is 0 Å². The van der Waals surface area contributed by atoms with Gasteiger partial charge in [-0.3, -0.25) is 0 Å². The number of hydrogen-bond acceptors (Lipinski definition) is 2. The van der Waals surface area contributed by atoms with Gasteiger partial charge in [0.05, 0.1) is 12.1 Å². The predicted molar refractivity (Wildman–Crippen MR) is 49.7 cm³/mol. The summed E-state index contributed by atoms with van der Waals surface area (Å²) in [6.45, 7) is 2.39. The Bertz CT molecular complexity index is 350. The van der Waals surface area contributed by atoms with Crippen LogP contribution in [0.2, 0.25) is 0 Å². The Hall–Kier alpha value is -1.00. The van der Waals surface area contributed by atoms with Crippen molar-refractivity contribution >= 4 is 0 Å². The van der Waals surface area contributed by atoms with Crippen molar-refractivity contribution in [2.24, 2.45) is 5.73 Å². The van der Waals surface area contributed by atoms with E-state index >= 15 is 0 Å². The number of benzene rings is 1. The zero-order valence-electron chi connectivity index (χ0n) is 8.14. The van der Waals surface area contributed by atoms with E-state index in [9.17, 15) is 8.78 Å². The Morgan fingerprint density at radius 1 is 1.43 bits per heavy atom. The largest absolute Gasteiger partial charge is 0.394 e. The van der Waals surface area contributed by atoms with Crippen LogP contribution in [0.4, 0.5) is 8.78 Å². The van der Waals surface area contributed by atoms with E-state index in [0.29, 0.717) is 5.56 Å². The SMILES string of the molecule is Cc1ccc(F)c([C@](C)(N)CO)c1F. The summed E-state index contributed by atoms with van der Waals surface area (Å²) in [7, 11) is 0. The summed E-state index contributed by atoms with van der Waals surface area (Å²) in [4.78, 5) is 0. The monoisotopic (exact) mass is 201 g/mol. The molecule has 2 nitrogen and oxygen atoms in total. The molecule has 1 rings (SSSR count). The van der Waals surface area contributed by atoms with Gasteiger partial charge in [0.25, 0.3) is 0 Å². The van der Waals surface area contributed by atoms with Gasteiger partial charge in [0.1, 0.15) is 11.6 Å². The van der Waals surface area contributed by atoms with Gasteiger partial charge in [-0.2, -0.15) is 0 Å². The molecule has 0 unspecified atom stereocenters. The summed E-state index contributed by atoms with van der Waals surface area (Å²) in [5, 5.41) is 8.93. The highest BCUT2D eigenvalue weighted by Crippen LogP contribution is 2.25. The molecule has 0 heterocycles. The number of aliphatic hydroxyl groups excluding tert-OH is 1. The summed E-state index contributed by atoms with van der Waals surface area (Å²) in [5.41, 5.74) is 4.24. The Morgan fingerprint density at radius 3 is 2.50 bits per heavy atom. The molecule has 4 heteroatoms. The molecule has 0 spiro atoms. The van der Waals surface area contributed by atoms with Gasteiger partial charge in [-0.25, -0.2) is 8.78 Å². The van der Waals surface area contributed by atoms with Gasteiger partial charge in [-0.05, 0) is 25.5 Å². The van der Waals surface area contributed by atoms with Crippen molar-refractivity contribution in [3.8, 4) is 0 Å². The van der Waals surface area contributed by atoms with Gasteiger partial charge < -0.3 is 10.8 Å². The standard InChI is InChI=1S/C10H13F2NO/c1-6-3-4-7(11)8(9(6)12)10(2,13)5-14/h3-4,14H,5,13H2,1-2H3/t10-/m1/s1. The molecule has 0 aliphatic rings. The van der Waals surface area contributed by atoms with E-state index in [4.69, 9.17) is 10.8 Å². The molecule has 1 aromatic rings. The first-order chi connectivity index (χ1) is 6.40. The maximum Gasteiger partial charge on any atom is 0.134 e. The van der Waals surface area contributed by atoms with Crippen LogP contribution < -0.4 is 5.73 Å². The van der Waals surface area contributed by atoms with Crippen LogP contribution in [0.15, 0.2) is 12.1 Å². The van der Waals surface area contributed by atoms with Gasteiger partial charge >= 0.3 is 0 Å². The van der Waals surface area contributed by atoms with Crippen molar-refractivity contribution in [2.75, 3.05) is 6.61 Å². The zero-order valence-corrected chi connectivity index (χ0v) is 8.14. The van der Waals surface area contributed by atoms with Gasteiger partial charge in [0, 0.05) is 5.56 Å². The highest BCUT2D eigenvalue weighted by Gasteiger charge is 2.28. The van der Waals surface area contributed by atoms with Crippen molar-refractivity contribution in [2.45, 2.75) is 19.4 Å². The fourth-order valence-electron chi connectivity index (χ4n) is 1.26. The Balaban J connectivity index is 3.40. The number of hydrogen-bond donors (Lipinski definition) is 2. The minimum Gasteiger partial charge on any atom is -0.394 e. The van der Waals surface area contributed by atoms with Crippen LogP contribution in [0.25, 0.3) is 0 Å². The molecule has 78 valence electrons. The Kier molecular flexibility index (Phi) is 2.87. The second-order valence-electron chi connectivity index (χ2n) is 3.63. The first kappa shape index (κ1) is 11.1.